The second-order valence-electron chi connectivity index (χ2n) is 4.93. The van der Waals surface area contributed by atoms with Crippen LogP contribution in [0.25, 0.3) is 0 Å². The molecule has 1 N–H and O–H groups in total. The molecule has 2 aliphatic rings. The molecule has 3 nitrogen and oxygen atoms in total. The Balaban J connectivity index is 1.84. The standard InChI is InChI=1S/C11H20N2O/c1-8(2)12-11(14)13(10-5-6-10)7-9-3-4-9/h8-10H,3-7H2,1-2H3,(H,12,14). The fourth-order valence-corrected chi connectivity index (χ4v) is 1.69. The molecule has 0 bridgehead atoms. The SMILES string of the molecule is CC(C)NC(=O)N(CC1CC1)C1CC1. The van der Waals surface area contributed by atoms with Gasteiger partial charge in [0, 0.05) is 18.6 Å². The van der Waals surface area contributed by atoms with E-state index in [2.05, 4.69) is 10.2 Å². The Morgan fingerprint density at radius 1 is 1.36 bits per heavy atom. The van der Waals surface area contributed by atoms with E-state index in [0.29, 0.717) is 6.04 Å². The fraction of sp³-hybridized carbons (Fsp3) is 0.909. The predicted molar refractivity (Wildman–Crippen MR) is 56.1 cm³/mol. The van der Waals surface area contributed by atoms with Crippen molar-refractivity contribution in [3.8, 4) is 0 Å². The van der Waals surface area contributed by atoms with E-state index in [0.717, 1.165) is 12.5 Å². The maximum atomic E-state index is 11.8. The lowest BCUT2D eigenvalue weighted by molar-refractivity contribution is 0.189. The van der Waals surface area contributed by atoms with Crippen LogP contribution in [-0.2, 0) is 0 Å². The number of nitrogens with one attached hydrogen (secondary N) is 1. The topological polar surface area (TPSA) is 32.3 Å². The summed E-state index contributed by atoms with van der Waals surface area (Å²) in [7, 11) is 0. The molecule has 0 aromatic carbocycles. The molecule has 14 heavy (non-hydrogen) atoms. The summed E-state index contributed by atoms with van der Waals surface area (Å²) in [4.78, 5) is 13.9. The van der Waals surface area contributed by atoms with Gasteiger partial charge in [-0.15, -0.1) is 0 Å². The number of urea groups is 1. The van der Waals surface area contributed by atoms with Crippen molar-refractivity contribution < 1.29 is 4.79 Å². The smallest absolute Gasteiger partial charge is 0.317 e. The first kappa shape index (κ1) is 9.81. The Kier molecular flexibility index (Phi) is 2.66. The van der Waals surface area contributed by atoms with E-state index in [1.165, 1.54) is 25.7 Å². The van der Waals surface area contributed by atoms with Crippen LogP contribution in [0.4, 0.5) is 4.79 Å². The second kappa shape index (κ2) is 3.79. The lowest BCUT2D eigenvalue weighted by Gasteiger charge is -2.24. The quantitative estimate of drug-likeness (QED) is 0.732. The molecule has 0 spiro atoms. The number of carbonyl (C=O) groups excluding carboxylic acids is 1. The van der Waals surface area contributed by atoms with E-state index in [9.17, 15) is 4.79 Å². The van der Waals surface area contributed by atoms with Gasteiger partial charge in [-0.3, -0.25) is 0 Å². The van der Waals surface area contributed by atoms with Crippen molar-refractivity contribution in [1.82, 2.24) is 10.2 Å². The number of nitrogens with zero attached hydrogens (tertiary/aromatic N) is 1. The molecule has 0 radical (unpaired) electrons. The third-order valence-corrected chi connectivity index (χ3v) is 2.81. The Morgan fingerprint density at radius 3 is 2.43 bits per heavy atom. The zero-order valence-corrected chi connectivity index (χ0v) is 9.12. The van der Waals surface area contributed by atoms with Crippen LogP contribution in [0.2, 0.25) is 0 Å². The molecule has 0 saturated heterocycles. The van der Waals surface area contributed by atoms with Gasteiger partial charge in [-0.05, 0) is 45.4 Å². The van der Waals surface area contributed by atoms with Crippen LogP contribution in [0.1, 0.15) is 39.5 Å². The lowest BCUT2D eigenvalue weighted by atomic mass is 10.3. The largest absolute Gasteiger partial charge is 0.336 e. The summed E-state index contributed by atoms with van der Waals surface area (Å²) < 4.78 is 0. The molecule has 2 aliphatic carbocycles. The van der Waals surface area contributed by atoms with Crippen LogP contribution in [0, 0.1) is 5.92 Å². The van der Waals surface area contributed by atoms with Crippen LogP contribution >= 0.6 is 0 Å². The van der Waals surface area contributed by atoms with E-state index < -0.39 is 0 Å². The minimum absolute atomic E-state index is 0.148. The van der Waals surface area contributed by atoms with Crippen molar-refractivity contribution in [2.75, 3.05) is 6.54 Å². The molecule has 3 heteroatoms. The van der Waals surface area contributed by atoms with Crippen molar-refractivity contribution in [3.05, 3.63) is 0 Å². The number of carbonyl (C=O) groups is 1. The molecule has 2 rings (SSSR count). The minimum atomic E-state index is 0.148. The molecule has 0 unspecified atom stereocenters. The molecule has 0 heterocycles. The molecule has 2 amide bonds. The molecule has 0 aromatic rings. The average molecular weight is 196 g/mol. The fourth-order valence-electron chi connectivity index (χ4n) is 1.69. The van der Waals surface area contributed by atoms with E-state index in [-0.39, 0.29) is 12.1 Å². The van der Waals surface area contributed by atoms with E-state index in [4.69, 9.17) is 0 Å². The van der Waals surface area contributed by atoms with Gasteiger partial charge >= 0.3 is 6.03 Å². The maximum Gasteiger partial charge on any atom is 0.317 e. The highest BCUT2D eigenvalue weighted by Crippen LogP contribution is 2.34. The molecule has 80 valence electrons. The second-order valence-corrected chi connectivity index (χ2v) is 4.93. The highest BCUT2D eigenvalue weighted by molar-refractivity contribution is 5.75. The van der Waals surface area contributed by atoms with E-state index >= 15 is 0 Å². The van der Waals surface area contributed by atoms with Crippen molar-refractivity contribution in [2.24, 2.45) is 5.92 Å². The van der Waals surface area contributed by atoms with Crippen molar-refractivity contribution >= 4 is 6.03 Å². The summed E-state index contributed by atoms with van der Waals surface area (Å²) in [6, 6.07) is 0.951. The van der Waals surface area contributed by atoms with Crippen LogP contribution < -0.4 is 5.32 Å². The van der Waals surface area contributed by atoms with Gasteiger partial charge in [0.05, 0.1) is 0 Å². The summed E-state index contributed by atoms with van der Waals surface area (Å²) in [6.45, 7) is 5.02. The van der Waals surface area contributed by atoms with E-state index in [1.807, 2.05) is 13.8 Å². The lowest BCUT2D eigenvalue weighted by Crippen LogP contribution is -2.45. The number of hydrogen-bond donors (Lipinski definition) is 1. The highest BCUT2D eigenvalue weighted by atomic mass is 16.2. The monoisotopic (exact) mass is 196 g/mol. The first-order valence-corrected chi connectivity index (χ1v) is 5.74. The average Bonchev–Trinajstić information content (AvgIpc) is 2.94. The van der Waals surface area contributed by atoms with Crippen LogP contribution in [0.3, 0.4) is 0 Å². The number of amides is 2. The normalized spacial score (nSPS) is 21.1. The third kappa shape index (κ3) is 2.63. The zero-order chi connectivity index (χ0) is 10.1. The van der Waals surface area contributed by atoms with E-state index in [1.54, 1.807) is 0 Å². The molecule has 0 atom stereocenters. The molecule has 0 aliphatic heterocycles. The third-order valence-electron chi connectivity index (χ3n) is 2.81. The summed E-state index contributed by atoms with van der Waals surface area (Å²) in [5.74, 6) is 0.800. The van der Waals surface area contributed by atoms with Gasteiger partial charge in [-0.2, -0.15) is 0 Å². The number of hydrogen-bond acceptors (Lipinski definition) is 1. The van der Waals surface area contributed by atoms with Gasteiger partial charge in [0.15, 0.2) is 0 Å². The molecule has 2 saturated carbocycles. The summed E-state index contributed by atoms with van der Waals surface area (Å²) >= 11 is 0. The molecule has 0 aromatic heterocycles. The number of rotatable bonds is 4. The van der Waals surface area contributed by atoms with Gasteiger partial charge in [0.2, 0.25) is 0 Å². The first-order chi connectivity index (χ1) is 6.66. The van der Waals surface area contributed by atoms with Crippen molar-refractivity contribution in [3.63, 3.8) is 0 Å². The van der Waals surface area contributed by atoms with Crippen LogP contribution in [0.5, 0.6) is 0 Å². The highest BCUT2D eigenvalue weighted by Gasteiger charge is 2.36. The van der Waals surface area contributed by atoms with Crippen LogP contribution in [0.15, 0.2) is 0 Å². The van der Waals surface area contributed by atoms with Crippen molar-refractivity contribution in [2.45, 2.75) is 51.6 Å². The summed E-state index contributed by atoms with van der Waals surface area (Å²) in [5, 5.41) is 2.98. The Bertz CT molecular complexity index is 219. The molecular formula is C11H20N2O. The summed E-state index contributed by atoms with van der Waals surface area (Å²) in [6.07, 6.45) is 5.05. The van der Waals surface area contributed by atoms with Gasteiger partial charge < -0.3 is 10.2 Å². The molecule has 2 fully saturated rings. The van der Waals surface area contributed by atoms with Gasteiger partial charge in [0.25, 0.3) is 0 Å². The Morgan fingerprint density at radius 2 is 2.00 bits per heavy atom. The van der Waals surface area contributed by atoms with Crippen LogP contribution in [-0.4, -0.2) is 29.6 Å². The van der Waals surface area contributed by atoms with Crippen molar-refractivity contribution in [1.29, 1.82) is 0 Å². The predicted octanol–water partition coefficient (Wildman–Crippen LogP) is 1.98. The zero-order valence-electron chi connectivity index (χ0n) is 9.12. The van der Waals surface area contributed by atoms with Gasteiger partial charge in [-0.25, -0.2) is 4.79 Å². The van der Waals surface area contributed by atoms with Gasteiger partial charge in [0.1, 0.15) is 0 Å². The minimum Gasteiger partial charge on any atom is -0.336 e. The molecular weight excluding hydrogens is 176 g/mol. The summed E-state index contributed by atoms with van der Waals surface area (Å²) in [5.41, 5.74) is 0. The Labute approximate surface area is 85.8 Å². The first-order valence-electron chi connectivity index (χ1n) is 5.74. The van der Waals surface area contributed by atoms with Gasteiger partial charge in [-0.1, -0.05) is 0 Å². The maximum absolute atomic E-state index is 11.8. The Hall–Kier alpha value is -0.730.